The highest BCUT2D eigenvalue weighted by Gasteiger charge is 2.33. The molecule has 0 spiro atoms. The molecule has 1 aliphatic rings. The van der Waals surface area contributed by atoms with Gasteiger partial charge in [-0.2, -0.15) is 0 Å². The number of hydrazine groups is 1. The molecule has 0 N–H and O–H groups in total. The minimum absolute atomic E-state index is 0.0361. The van der Waals surface area contributed by atoms with Crippen molar-refractivity contribution in [1.82, 2.24) is 5.01 Å². The minimum Gasteiger partial charge on any atom is -0.497 e. The van der Waals surface area contributed by atoms with Crippen molar-refractivity contribution in [3.05, 3.63) is 53.1 Å². The van der Waals surface area contributed by atoms with Gasteiger partial charge in [-0.25, -0.2) is 23.4 Å². The first kappa shape index (κ1) is 19.4. The number of amides is 2. The Morgan fingerprint density at radius 2 is 1.64 bits per heavy atom. The topological polar surface area (TPSA) is 62.3 Å². The molecule has 2 aromatic rings. The van der Waals surface area contributed by atoms with Gasteiger partial charge in [0.1, 0.15) is 17.4 Å². The summed E-state index contributed by atoms with van der Waals surface area (Å²) >= 11 is 0. The number of ether oxygens (including phenoxy) is 2. The maximum atomic E-state index is 14.4. The number of halogens is 2. The van der Waals surface area contributed by atoms with Crippen molar-refractivity contribution in [2.45, 2.75) is 6.54 Å². The van der Waals surface area contributed by atoms with Crippen LogP contribution in [0.3, 0.4) is 0 Å². The second kappa shape index (κ2) is 7.34. The molecule has 0 bridgehead atoms. The summed E-state index contributed by atoms with van der Waals surface area (Å²) < 4.78 is 38.4. The van der Waals surface area contributed by atoms with E-state index in [4.69, 9.17) is 9.47 Å². The Morgan fingerprint density at radius 1 is 1.00 bits per heavy atom. The van der Waals surface area contributed by atoms with Crippen molar-refractivity contribution < 1.29 is 27.8 Å². The van der Waals surface area contributed by atoms with Gasteiger partial charge in [0.2, 0.25) is 0 Å². The number of urea groups is 1. The predicted molar refractivity (Wildman–Crippen MR) is 98.4 cm³/mol. The lowest BCUT2D eigenvalue weighted by molar-refractivity contribution is 0.0600. The number of nitrogens with zero attached hydrogens (tertiary/aromatic N) is 3. The van der Waals surface area contributed by atoms with Crippen molar-refractivity contribution >= 4 is 23.4 Å². The zero-order valence-corrected chi connectivity index (χ0v) is 15.8. The third-order valence-electron chi connectivity index (χ3n) is 4.66. The molecule has 0 atom stereocenters. The third-order valence-corrected chi connectivity index (χ3v) is 4.66. The van der Waals surface area contributed by atoms with Crippen LogP contribution in [0.4, 0.5) is 25.0 Å². The molecule has 0 saturated carbocycles. The Balaban J connectivity index is 2.10. The number of hydrogen-bond donors (Lipinski definition) is 0. The summed E-state index contributed by atoms with van der Waals surface area (Å²) in [4.78, 5) is 25.9. The van der Waals surface area contributed by atoms with Gasteiger partial charge >= 0.3 is 12.0 Å². The van der Waals surface area contributed by atoms with Crippen LogP contribution in [-0.2, 0) is 11.3 Å². The molecule has 9 heteroatoms. The first-order valence-corrected chi connectivity index (χ1v) is 8.31. The first-order valence-electron chi connectivity index (χ1n) is 8.31. The Bertz CT molecular complexity index is 928. The quantitative estimate of drug-likeness (QED) is 0.749. The number of carbonyl (C=O) groups is 2. The van der Waals surface area contributed by atoms with Crippen LogP contribution in [0.2, 0.25) is 0 Å². The van der Waals surface area contributed by atoms with Crippen LogP contribution in [0.5, 0.6) is 5.75 Å². The molecule has 7 nitrogen and oxygen atoms in total. The van der Waals surface area contributed by atoms with Gasteiger partial charge in [-0.05, 0) is 18.2 Å². The molecule has 0 fully saturated rings. The van der Waals surface area contributed by atoms with E-state index in [0.717, 1.165) is 12.1 Å². The van der Waals surface area contributed by atoms with E-state index in [-0.39, 0.29) is 23.4 Å². The highest BCUT2D eigenvalue weighted by Crippen LogP contribution is 2.37. The van der Waals surface area contributed by atoms with E-state index in [1.54, 1.807) is 24.2 Å². The van der Waals surface area contributed by atoms with Gasteiger partial charge in [0.25, 0.3) is 0 Å². The molecule has 148 valence electrons. The molecule has 0 saturated heterocycles. The van der Waals surface area contributed by atoms with Crippen LogP contribution in [0.1, 0.15) is 15.9 Å². The fraction of sp³-hybridized carbons (Fsp3) is 0.263. The highest BCUT2D eigenvalue weighted by molar-refractivity contribution is 6.02. The summed E-state index contributed by atoms with van der Waals surface area (Å²) in [5.74, 6) is -2.22. The molecule has 0 aromatic heterocycles. The van der Waals surface area contributed by atoms with Gasteiger partial charge in [-0.3, -0.25) is 9.91 Å². The Morgan fingerprint density at radius 3 is 2.21 bits per heavy atom. The average Bonchev–Trinajstić information content (AvgIpc) is 2.69. The fourth-order valence-corrected chi connectivity index (χ4v) is 2.99. The normalized spacial score (nSPS) is 13.5. The van der Waals surface area contributed by atoms with E-state index in [9.17, 15) is 18.4 Å². The zero-order chi connectivity index (χ0) is 20.6. The molecular formula is C19H19F2N3O4. The Kier molecular flexibility index (Phi) is 5.08. The summed E-state index contributed by atoms with van der Waals surface area (Å²) in [6.07, 6.45) is 0. The number of benzene rings is 2. The van der Waals surface area contributed by atoms with Gasteiger partial charge < -0.3 is 9.47 Å². The maximum absolute atomic E-state index is 14.4. The largest absolute Gasteiger partial charge is 0.497 e. The monoisotopic (exact) mass is 391 g/mol. The highest BCUT2D eigenvalue weighted by atomic mass is 19.1. The standard InChI is InChI=1S/C19H19F2N3O4/c1-22-16-6-5-11(18(25)28-4)7-17(16)24(19(26)23(22)2)10-13-14(20)8-12(27-3)9-15(13)21/h5-9H,10H2,1-4H3. The van der Waals surface area contributed by atoms with Gasteiger partial charge in [0.05, 0.1) is 37.7 Å². The molecule has 3 rings (SSSR count). The lowest BCUT2D eigenvalue weighted by Gasteiger charge is -2.42. The number of rotatable bonds is 4. The predicted octanol–water partition coefficient (Wildman–Crippen LogP) is 3.18. The molecule has 0 radical (unpaired) electrons. The Labute approximate surface area is 160 Å². The summed E-state index contributed by atoms with van der Waals surface area (Å²) in [6.45, 7) is -0.365. The van der Waals surface area contributed by atoms with Crippen molar-refractivity contribution in [3.63, 3.8) is 0 Å². The molecule has 0 unspecified atom stereocenters. The third kappa shape index (κ3) is 3.19. The minimum atomic E-state index is -0.836. The first-order chi connectivity index (χ1) is 13.3. The van der Waals surface area contributed by atoms with E-state index in [1.165, 1.54) is 37.2 Å². The van der Waals surface area contributed by atoms with Crippen LogP contribution in [0.15, 0.2) is 30.3 Å². The van der Waals surface area contributed by atoms with E-state index in [2.05, 4.69) is 0 Å². The average molecular weight is 391 g/mol. The van der Waals surface area contributed by atoms with E-state index >= 15 is 0 Å². The number of esters is 1. The van der Waals surface area contributed by atoms with Crippen LogP contribution in [0, 0.1) is 11.6 Å². The molecule has 1 aliphatic heterocycles. The smallest absolute Gasteiger partial charge is 0.343 e. The van der Waals surface area contributed by atoms with Crippen molar-refractivity contribution in [2.75, 3.05) is 38.2 Å². The maximum Gasteiger partial charge on any atom is 0.343 e. The van der Waals surface area contributed by atoms with Crippen LogP contribution in [-0.4, -0.2) is 45.3 Å². The number of anilines is 2. The molecule has 2 amide bonds. The fourth-order valence-electron chi connectivity index (χ4n) is 2.99. The number of hydrogen-bond acceptors (Lipinski definition) is 5. The van der Waals surface area contributed by atoms with E-state index in [0.29, 0.717) is 11.4 Å². The van der Waals surface area contributed by atoms with Crippen LogP contribution < -0.4 is 14.6 Å². The summed E-state index contributed by atoms with van der Waals surface area (Å²) in [5.41, 5.74) is 0.849. The second-order valence-corrected chi connectivity index (χ2v) is 6.18. The molecule has 0 aliphatic carbocycles. The van der Waals surface area contributed by atoms with Gasteiger partial charge in [-0.15, -0.1) is 0 Å². The van der Waals surface area contributed by atoms with E-state index in [1.807, 2.05) is 0 Å². The van der Waals surface area contributed by atoms with E-state index < -0.39 is 23.6 Å². The number of methoxy groups -OCH3 is 2. The molecule has 2 aromatic carbocycles. The zero-order valence-electron chi connectivity index (χ0n) is 15.8. The summed E-state index contributed by atoms with van der Waals surface area (Å²) in [6, 6.07) is 6.24. The van der Waals surface area contributed by atoms with Crippen LogP contribution in [0.25, 0.3) is 0 Å². The lowest BCUT2D eigenvalue weighted by Crippen LogP contribution is -2.53. The lowest BCUT2D eigenvalue weighted by atomic mass is 10.1. The van der Waals surface area contributed by atoms with Crippen molar-refractivity contribution in [2.24, 2.45) is 0 Å². The molecule has 1 heterocycles. The van der Waals surface area contributed by atoms with Gasteiger partial charge in [-0.1, -0.05) is 0 Å². The number of carbonyl (C=O) groups excluding carboxylic acids is 2. The SMILES string of the molecule is COC(=O)c1ccc2c(c1)N(Cc1c(F)cc(OC)cc1F)C(=O)N(C)N2C. The van der Waals surface area contributed by atoms with Crippen molar-refractivity contribution in [1.29, 1.82) is 0 Å². The van der Waals surface area contributed by atoms with Gasteiger partial charge in [0, 0.05) is 31.8 Å². The summed E-state index contributed by atoms with van der Waals surface area (Å²) in [5, 5.41) is 2.88. The Hall–Kier alpha value is -3.36. The summed E-state index contributed by atoms with van der Waals surface area (Å²) in [7, 11) is 5.75. The van der Waals surface area contributed by atoms with Gasteiger partial charge in [0.15, 0.2) is 0 Å². The van der Waals surface area contributed by atoms with Crippen molar-refractivity contribution in [3.8, 4) is 5.75 Å². The molecular weight excluding hydrogens is 372 g/mol. The number of fused-ring (bicyclic) bond motifs is 1. The molecule has 28 heavy (non-hydrogen) atoms. The second-order valence-electron chi connectivity index (χ2n) is 6.18. The van der Waals surface area contributed by atoms with Crippen LogP contribution >= 0.6 is 0 Å².